The summed E-state index contributed by atoms with van der Waals surface area (Å²) < 4.78 is 0. The van der Waals surface area contributed by atoms with E-state index >= 15 is 0 Å². The van der Waals surface area contributed by atoms with Crippen LogP contribution in [-0.2, 0) is 0 Å². The van der Waals surface area contributed by atoms with Crippen LogP contribution in [0.15, 0.2) is 0 Å². The summed E-state index contributed by atoms with van der Waals surface area (Å²) in [7, 11) is 0. The molecule has 0 aliphatic rings. The van der Waals surface area contributed by atoms with Crippen molar-refractivity contribution in [3.63, 3.8) is 0 Å². The highest BCUT2D eigenvalue weighted by molar-refractivity contribution is 4.45. The van der Waals surface area contributed by atoms with Crippen molar-refractivity contribution in [1.29, 1.82) is 0 Å². The van der Waals surface area contributed by atoms with Crippen LogP contribution < -0.4 is 5.73 Å². The Hall–Kier alpha value is -0.0400. The fourth-order valence-electron chi connectivity index (χ4n) is 0.167. The van der Waals surface area contributed by atoms with Gasteiger partial charge in [-0.05, 0) is 12.5 Å². The summed E-state index contributed by atoms with van der Waals surface area (Å²) >= 11 is 0. The van der Waals surface area contributed by atoms with Gasteiger partial charge in [0.2, 0.25) is 0 Å². The van der Waals surface area contributed by atoms with E-state index in [-0.39, 0.29) is 0 Å². The second-order valence-electron chi connectivity index (χ2n) is 1.75. The lowest BCUT2D eigenvalue weighted by atomic mass is 10.1. The fraction of sp³-hybridized carbons (Fsp3) is 1.00. The quantitative estimate of drug-likeness (QED) is 0.500. The normalized spacial score (nSPS) is 14.5. The van der Waals surface area contributed by atoms with Gasteiger partial charge in [0.1, 0.15) is 0 Å². The van der Waals surface area contributed by atoms with E-state index in [1.54, 1.807) is 0 Å². The van der Waals surface area contributed by atoms with Crippen LogP contribution in [-0.4, -0.2) is 6.54 Å². The molecule has 0 unspecified atom stereocenters. The van der Waals surface area contributed by atoms with Gasteiger partial charge in [0.15, 0.2) is 0 Å². The Morgan fingerprint density at radius 3 is 2.17 bits per heavy atom. The average molecular weight is 88.2 g/mol. The monoisotopic (exact) mass is 88.1 g/mol. The summed E-state index contributed by atoms with van der Waals surface area (Å²) in [6, 6.07) is 0. The molecule has 0 aliphatic carbocycles. The highest BCUT2D eigenvalue weighted by atomic mass is 15.3. The van der Waals surface area contributed by atoms with Crippen molar-refractivity contribution < 1.29 is 0 Å². The second-order valence-corrected chi connectivity index (χ2v) is 1.75. The zero-order valence-corrected chi connectivity index (χ0v) is 4.57. The van der Waals surface area contributed by atoms with Gasteiger partial charge in [-0.15, -0.1) is 0 Å². The molecule has 0 bridgehead atoms. The van der Waals surface area contributed by atoms with Crippen LogP contribution in [0, 0.1) is 5.92 Å². The Morgan fingerprint density at radius 1 is 1.67 bits per heavy atom. The topological polar surface area (TPSA) is 26.0 Å². The van der Waals surface area contributed by atoms with Crippen LogP contribution in [0.4, 0.5) is 0 Å². The molecule has 0 amide bonds. The first-order chi connectivity index (χ1) is 2.81. The van der Waals surface area contributed by atoms with Gasteiger partial charge in [-0.1, -0.05) is 20.3 Å². The number of hydrogen-bond acceptors (Lipinski definition) is 1. The van der Waals surface area contributed by atoms with E-state index in [0.29, 0.717) is 5.92 Å². The molecular weight excluding hydrogens is 75.1 g/mol. The highest BCUT2D eigenvalue weighted by Gasteiger charge is 1.88. The zero-order chi connectivity index (χ0) is 4.99. The molecule has 0 saturated carbocycles. The molecule has 0 radical (unpaired) electrons. The summed E-state index contributed by atoms with van der Waals surface area (Å²) in [5.41, 5.74) is 5.28. The summed E-state index contributed by atoms with van der Waals surface area (Å²) in [4.78, 5) is 0. The van der Waals surface area contributed by atoms with Gasteiger partial charge in [-0.25, -0.2) is 0 Å². The molecule has 0 aromatic rings. The maximum atomic E-state index is 5.28. The first-order valence-electron chi connectivity index (χ1n) is 2.51. The molecule has 38 valence electrons. The summed E-state index contributed by atoms with van der Waals surface area (Å²) in [5, 5.41) is 0. The van der Waals surface area contributed by atoms with E-state index in [2.05, 4.69) is 13.8 Å². The number of hydrogen-bond donors (Lipinski definition) is 1. The lowest BCUT2D eigenvalue weighted by molar-refractivity contribution is 0.576. The predicted octanol–water partition coefficient (Wildman–Crippen LogP) is 0.991. The second kappa shape index (κ2) is 3.16. The molecule has 0 rings (SSSR count). The lowest BCUT2D eigenvalue weighted by Crippen LogP contribution is -2.08. The Bertz CT molecular complexity index is 23.1. The van der Waals surface area contributed by atoms with Gasteiger partial charge in [0.25, 0.3) is 0 Å². The zero-order valence-electron chi connectivity index (χ0n) is 4.57. The van der Waals surface area contributed by atoms with Gasteiger partial charge in [0.05, 0.1) is 0 Å². The van der Waals surface area contributed by atoms with E-state index in [9.17, 15) is 0 Å². The van der Waals surface area contributed by atoms with Crippen molar-refractivity contribution in [2.75, 3.05) is 6.54 Å². The Labute approximate surface area is 39.5 Å². The van der Waals surface area contributed by atoms with Gasteiger partial charge in [0, 0.05) is 0 Å². The minimum Gasteiger partial charge on any atom is -0.330 e. The first-order valence-corrected chi connectivity index (χ1v) is 2.51. The Balaban J connectivity index is 2.75. The molecule has 6 heavy (non-hydrogen) atoms. The first kappa shape index (κ1) is 5.96. The molecule has 0 aromatic heterocycles. The van der Waals surface area contributed by atoms with Crippen molar-refractivity contribution in [1.82, 2.24) is 0 Å². The van der Waals surface area contributed by atoms with Crippen molar-refractivity contribution in [2.24, 2.45) is 11.7 Å². The minimum absolute atomic E-state index is 0.713. The van der Waals surface area contributed by atoms with Gasteiger partial charge >= 0.3 is 0 Å². The van der Waals surface area contributed by atoms with Gasteiger partial charge < -0.3 is 5.73 Å². The van der Waals surface area contributed by atoms with Crippen LogP contribution in [0.2, 0.25) is 0 Å². The third-order valence-corrected chi connectivity index (χ3v) is 1.10. The fourth-order valence-corrected chi connectivity index (χ4v) is 0.167. The molecule has 0 fully saturated rings. The summed E-state index contributed by atoms with van der Waals surface area (Å²) in [6.07, 6.45) is 1.20. The maximum Gasteiger partial charge on any atom is -0.00516 e. The van der Waals surface area contributed by atoms with E-state index in [4.69, 9.17) is 5.73 Å². The molecule has 0 aromatic carbocycles. The summed E-state index contributed by atoms with van der Waals surface area (Å²) in [6.45, 7) is 5.13. The van der Waals surface area contributed by atoms with Crippen LogP contribution in [0.3, 0.4) is 0 Å². The largest absolute Gasteiger partial charge is 0.330 e. The highest BCUT2D eigenvalue weighted by Crippen LogP contribution is 1.93. The van der Waals surface area contributed by atoms with Crippen molar-refractivity contribution in [2.45, 2.75) is 20.3 Å². The molecule has 1 heteroatoms. The van der Waals surface area contributed by atoms with E-state index in [1.807, 2.05) is 0 Å². The van der Waals surface area contributed by atoms with Crippen LogP contribution >= 0.6 is 0 Å². The number of nitrogens with two attached hydrogens (primary N) is 1. The maximum absolute atomic E-state index is 5.28. The average Bonchev–Trinajstić information content (AvgIpc) is 1.65. The van der Waals surface area contributed by atoms with Crippen molar-refractivity contribution in [3.05, 3.63) is 0 Å². The molecule has 1 nitrogen and oxygen atoms in total. The molecule has 0 heterocycles. The van der Waals surface area contributed by atoms with E-state index in [1.165, 1.54) is 6.42 Å². The van der Waals surface area contributed by atoms with Crippen LogP contribution in [0.25, 0.3) is 0 Å². The van der Waals surface area contributed by atoms with Crippen molar-refractivity contribution in [3.8, 4) is 0 Å². The third-order valence-electron chi connectivity index (χ3n) is 1.10. The van der Waals surface area contributed by atoms with Crippen LogP contribution in [0.1, 0.15) is 20.3 Å². The lowest BCUT2D eigenvalue weighted by Gasteiger charge is -1.98. The minimum atomic E-state index is 0.713. The Morgan fingerprint density at radius 2 is 2.17 bits per heavy atom. The predicted molar refractivity (Wildman–Crippen MR) is 28.5 cm³/mol. The molecule has 0 aliphatic heterocycles. The van der Waals surface area contributed by atoms with E-state index in [0.717, 1.165) is 6.54 Å². The van der Waals surface area contributed by atoms with Crippen molar-refractivity contribution >= 4 is 0 Å². The SMILES string of the molecule is CC[C@H](C)C[15NH2]. The number of rotatable bonds is 2. The molecule has 0 spiro atoms. The third kappa shape index (κ3) is 2.21. The summed E-state index contributed by atoms with van der Waals surface area (Å²) in [5.74, 6) is 0.713. The smallest absolute Gasteiger partial charge is 0.00516 e. The Kier molecular flexibility index (Phi) is 3.14. The van der Waals surface area contributed by atoms with E-state index < -0.39 is 0 Å². The molecular formula is C5H13N. The van der Waals surface area contributed by atoms with Crippen LogP contribution in [0.5, 0.6) is 0 Å². The molecule has 2 N–H and O–H groups in total. The molecule has 1 atom stereocenters. The van der Waals surface area contributed by atoms with Gasteiger partial charge in [-0.2, -0.15) is 0 Å². The van der Waals surface area contributed by atoms with Gasteiger partial charge in [-0.3, -0.25) is 0 Å². The molecule has 0 saturated heterocycles. The standard InChI is InChI=1S/C5H13N/c1-3-5(2)4-6/h5H,3-4,6H2,1-2H3/t5-/m0/s1/i6+1.